The van der Waals surface area contributed by atoms with Crippen LogP contribution in [-0.4, -0.2) is 40.0 Å². The fraction of sp³-hybridized carbons (Fsp3) is 0.316. The Kier molecular flexibility index (Phi) is 4.89. The van der Waals surface area contributed by atoms with Crippen molar-refractivity contribution in [3.63, 3.8) is 0 Å². The minimum atomic E-state index is -1.12. The van der Waals surface area contributed by atoms with E-state index in [0.29, 0.717) is 19.0 Å². The third kappa shape index (κ3) is 3.79. The van der Waals surface area contributed by atoms with Gasteiger partial charge >= 0.3 is 5.97 Å². The van der Waals surface area contributed by atoms with E-state index in [-0.39, 0.29) is 17.3 Å². The summed E-state index contributed by atoms with van der Waals surface area (Å²) in [4.78, 5) is 29.4. The summed E-state index contributed by atoms with van der Waals surface area (Å²) in [6, 6.07) is 14.8. The Hall–Kier alpha value is -2.69. The summed E-state index contributed by atoms with van der Waals surface area (Å²) < 4.78 is 0. The highest BCUT2D eigenvalue weighted by atomic mass is 16.4. The minimum absolute atomic E-state index is 0.0984. The highest BCUT2D eigenvalue weighted by molar-refractivity contribution is 5.94. The van der Waals surface area contributed by atoms with Gasteiger partial charge in [-0.2, -0.15) is 0 Å². The molecule has 1 aromatic carbocycles. The molecule has 5 nitrogen and oxygen atoms in total. The number of carboxylic acids is 1. The number of carboxylic acid groups (broad SMARTS) is 1. The van der Waals surface area contributed by atoms with Crippen LogP contribution >= 0.6 is 0 Å². The lowest BCUT2D eigenvalue weighted by atomic mass is 9.91. The van der Waals surface area contributed by atoms with Crippen LogP contribution in [0.1, 0.15) is 39.4 Å². The number of piperidine rings is 1. The Labute approximate surface area is 140 Å². The SMILES string of the molecule is O=C(O)c1cccc(C(=O)N2CCCC(Cc3ccccc3)C2)n1. The predicted octanol–water partition coefficient (Wildman–Crippen LogP) is 2.87. The van der Waals surface area contributed by atoms with Gasteiger partial charge in [0.05, 0.1) is 0 Å². The Bertz CT molecular complexity index is 730. The highest BCUT2D eigenvalue weighted by Gasteiger charge is 2.25. The number of nitrogens with zero attached hydrogens (tertiary/aromatic N) is 2. The molecule has 1 N–H and O–H groups in total. The first-order chi connectivity index (χ1) is 11.6. The quantitative estimate of drug-likeness (QED) is 0.939. The monoisotopic (exact) mass is 324 g/mol. The van der Waals surface area contributed by atoms with Crippen LogP contribution in [0.25, 0.3) is 0 Å². The lowest BCUT2D eigenvalue weighted by Gasteiger charge is -2.32. The molecule has 124 valence electrons. The van der Waals surface area contributed by atoms with Crippen molar-refractivity contribution in [2.24, 2.45) is 5.92 Å². The number of hydrogen-bond acceptors (Lipinski definition) is 3. The summed E-state index contributed by atoms with van der Waals surface area (Å²) in [5, 5.41) is 9.02. The lowest BCUT2D eigenvalue weighted by molar-refractivity contribution is 0.0665. The van der Waals surface area contributed by atoms with Gasteiger partial charge in [0.15, 0.2) is 0 Å². The van der Waals surface area contributed by atoms with Gasteiger partial charge in [0.25, 0.3) is 5.91 Å². The molecule has 1 fully saturated rings. The second-order valence-electron chi connectivity index (χ2n) is 6.16. The number of rotatable bonds is 4. The Morgan fingerprint density at radius 3 is 2.58 bits per heavy atom. The maximum Gasteiger partial charge on any atom is 0.354 e. The number of aromatic nitrogens is 1. The maximum atomic E-state index is 12.6. The second kappa shape index (κ2) is 7.25. The molecule has 1 aliphatic rings. The number of likely N-dealkylation sites (tertiary alicyclic amines) is 1. The lowest BCUT2D eigenvalue weighted by Crippen LogP contribution is -2.41. The molecule has 1 aliphatic heterocycles. The number of pyridine rings is 1. The standard InChI is InChI=1S/C19H20N2O3/c22-18(16-9-4-10-17(20-16)19(23)24)21-11-5-8-15(13-21)12-14-6-2-1-3-7-14/h1-4,6-7,9-10,15H,5,8,11-13H2,(H,23,24). The van der Waals surface area contributed by atoms with Crippen LogP contribution in [0.5, 0.6) is 0 Å². The molecular weight excluding hydrogens is 304 g/mol. The third-order valence-electron chi connectivity index (χ3n) is 4.36. The van der Waals surface area contributed by atoms with Crippen LogP contribution in [0.4, 0.5) is 0 Å². The van der Waals surface area contributed by atoms with E-state index >= 15 is 0 Å². The summed E-state index contributed by atoms with van der Waals surface area (Å²) >= 11 is 0. The zero-order valence-electron chi connectivity index (χ0n) is 13.4. The van der Waals surface area contributed by atoms with Gasteiger partial charge in [0.2, 0.25) is 0 Å². The smallest absolute Gasteiger partial charge is 0.354 e. The average molecular weight is 324 g/mol. The van der Waals surface area contributed by atoms with Crippen molar-refractivity contribution in [2.75, 3.05) is 13.1 Å². The molecule has 1 atom stereocenters. The Balaban J connectivity index is 1.69. The first-order valence-corrected chi connectivity index (χ1v) is 8.17. The van der Waals surface area contributed by atoms with Crippen molar-refractivity contribution in [1.82, 2.24) is 9.88 Å². The van der Waals surface area contributed by atoms with Gasteiger partial charge in [-0.25, -0.2) is 9.78 Å². The summed E-state index contributed by atoms with van der Waals surface area (Å²) in [7, 11) is 0. The van der Waals surface area contributed by atoms with E-state index in [9.17, 15) is 9.59 Å². The van der Waals surface area contributed by atoms with E-state index in [0.717, 1.165) is 19.3 Å². The molecule has 24 heavy (non-hydrogen) atoms. The van der Waals surface area contributed by atoms with Crippen molar-refractivity contribution in [1.29, 1.82) is 0 Å². The van der Waals surface area contributed by atoms with Gasteiger partial charge in [-0.1, -0.05) is 36.4 Å². The maximum absolute atomic E-state index is 12.6. The number of benzene rings is 1. The molecule has 2 heterocycles. The zero-order chi connectivity index (χ0) is 16.9. The number of aromatic carboxylic acids is 1. The van der Waals surface area contributed by atoms with Gasteiger partial charge in [0, 0.05) is 13.1 Å². The fourth-order valence-corrected chi connectivity index (χ4v) is 3.20. The van der Waals surface area contributed by atoms with Crippen LogP contribution in [0.15, 0.2) is 48.5 Å². The van der Waals surface area contributed by atoms with E-state index in [1.165, 1.54) is 11.6 Å². The number of hydrogen-bond donors (Lipinski definition) is 1. The van der Waals surface area contributed by atoms with Crippen LogP contribution in [-0.2, 0) is 6.42 Å². The molecule has 0 spiro atoms. The predicted molar refractivity (Wildman–Crippen MR) is 90.0 cm³/mol. The second-order valence-corrected chi connectivity index (χ2v) is 6.16. The molecule has 1 saturated heterocycles. The van der Waals surface area contributed by atoms with Crippen molar-refractivity contribution in [2.45, 2.75) is 19.3 Å². The summed E-state index contributed by atoms with van der Waals surface area (Å²) in [5.41, 5.74) is 1.39. The molecule has 1 unspecified atom stereocenters. The van der Waals surface area contributed by atoms with Gasteiger partial charge in [-0.05, 0) is 42.9 Å². The largest absolute Gasteiger partial charge is 0.477 e. The summed E-state index contributed by atoms with van der Waals surface area (Å²) in [6.45, 7) is 1.38. The highest BCUT2D eigenvalue weighted by Crippen LogP contribution is 2.22. The average Bonchev–Trinajstić information content (AvgIpc) is 2.62. The molecule has 1 amide bonds. The molecule has 3 rings (SSSR count). The van der Waals surface area contributed by atoms with Crippen LogP contribution in [0, 0.1) is 5.92 Å². The van der Waals surface area contributed by atoms with Crippen molar-refractivity contribution in [3.8, 4) is 0 Å². The number of carbonyl (C=O) groups is 2. The van der Waals surface area contributed by atoms with E-state index < -0.39 is 5.97 Å². The molecule has 2 aromatic rings. The molecular formula is C19H20N2O3. The topological polar surface area (TPSA) is 70.5 Å². The van der Waals surface area contributed by atoms with Gasteiger partial charge < -0.3 is 10.0 Å². The van der Waals surface area contributed by atoms with E-state index in [4.69, 9.17) is 5.11 Å². The zero-order valence-corrected chi connectivity index (χ0v) is 13.4. The third-order valence-corrected chi connectivity index (χ3v) is 4.36. The molecule has 5 heteroatoms. The summed E-state index contributed by atoms with van der Waals surface area (Å²) in [5.74, 6) is -0.881. The number of carbonyl (C=O) groups excluding carboxylic acids is 1. The minimum Gasteiger partial charge on any atom is -0.477 e. The van der Waals surface area contributed by atoms with Crippen molar-refractivity contribution < 1.29 is 14.7 Å². The van der Waals surface area contributed by atoms with Crippen molar-refractivity contribution >= 4 is 11.9 Å². The molecule has 1 aromatic heterocycles. The molecule has 0 radical (unpaired) electrons. The van der Waals surface area contributed by atoms with Gasteiger partial charge in [-0.3, -0.25) is 4.79 Å². The van der Waals surface area contributed by atoms with Gasteiger partial charge in [0.1, 0.15) is 11.4 Å². The van der Waals surface area contributed by atoms with Gasteiger partial charge in [-0.15, -0.1) is 0 Å². The Morgan fingerprint density at radius 2 is 1.83 bits per heavy atom. The first kappa shape index (κ1) is 16.2. The van der Waals surface area contributed by atoms with E-state index in [2.05, 4.69) is 17.1 Å². The first-order valence-electron chi connectivity index (χ1n) is 8.17. The summed E-state index contributed by atoms with van der Waals surface area (Å²) in [6.07, 6.45) is 3.01. The van der Waals surface area contributed by atoms with Crippen molar-refractivity contribution in [3.05, 3.63) is 65.5 Å². The van der Waals surface area contributed by atoms with Crippen LogP contribution in [0.2, 0.25) is 0 Å². The molecule has 0 saturated carbocycles. The van der Waals surface area contributed by atoms with Crippen LogP contribution in [0.3, 0.4) is 0 Å². The van der Waals surface area contributed by atoms with Crippen LogP contribution < -0.4 is 0 Å². The fourth-order valence-electron chi connectivity index (χ4n) is 3.20. The van der Waals surface area contributed by atoms with E-state index in [1.54, 1.807) is 17.0 Å². The molecule has 0 bridgehead atoms. The Morgan fingerprint density at radius 1 is 1.08 bits per heavy atom. The normalized spacial score (nSPS) is 17.5. The number of amides is 1. The van der Waals surface area contributed by atoms with E-state index in [1.807, 2.05) is 18.2 Å². The molecule has 0 aliphatic carbocycles.